The van der Waals surface area contributed by atoms with Gasteiger partial charge in [0, 0.05) is 5.33 Å². The summed E-state index contributed by atoms with van der Waals surface area (Å²) in [5, 5.41) is 5.49. The van der Waals surface area contributed by atoms with Gasteiger partial charge in [0.15, 0.2) is 0 Å². The lowest BCUT2D eigenvalue weighted by Crippen LogP contribution is -1.78. The summed E-state index contributed by atoms with van der Waals surface area (Å²) in [7, 11) is -0.134. The first-order chi connectivity index (χ1) is 6.40. The van der Waals surface area contributed by atoms with Gasteiger partial charge in [0.1, 0.15) is 0 Å². The molecule has 13 heavy (non-hydrogen) atoms. The minimum atomic E-state index is -0.134. The van der Waals surface area contributed by atoms with E-state index < -0.39 is 0 Å². The molecule has 0 saturated heterocycles. The Morgan fingerprint density at radius 1 is 1.00 bits per heavy atom. The number of hydrogen-bond donors (Lipinski definition) is 1. The lowest BCUT2D eigenvalue weighted by Gasteiger charge is -2.10. The van der Waals surface area contributed by atoms with Crippen LogP contribution in [0.3, 0.4) is 0 Å². The van der Waals surface area contributed by atoms with Gasteiger partial charge in [-0.25, -0.2) is 0 Å². The molecule has 0 spiro atoms. The van der Waals surface area contributed by atoms with Crippen LogP contribution in [0.4, 0.5) is 0 Å². The zero-order chi connectivity index (χ0) is 9.10. The van der Waals surface area contributed by atoms with Crippen molar-refractivity contribution >= 4 is 26.8 Å². The van der Waals surface area contributed by atoms with Gasteiger partial charge in [-0.05, 0) is 33.4 Å². The Balaban J connectivity index is 2.22. The SMILES string of the molecule is BrCc1ccc([SH]2C=CC=C2)cc1. The third-order valence-corrected chi connectivity index (χ3v) is 4.52. The molecule has 2 heteroatoms. The predicted octanol–water partition coefficient (Wildman–Crippen LogP) is 3.98. The molecule has 1 aromatic carbocycles. The standard InChI is InChI=1S/C11H11BrS/c12-9-10-3-5-11(6-4-10)13-7-1-2-8-13/h1-8,13H,9H2. The Kier molecular flexibility index (Phi) is 2.91. The molecule has 0 amide bonds. The molecule has 1 aliphatic rings. The Morgan fingerprint density at radius 2 is 1.62 bits per heavy atom. The fourth-order valence-electron chi connectivity index (χ4n) is 1.26. The lowest BCUT2D eigenvalue weighted by molar-refractivity contribution is 1.36. The normalized spacial score (nSPS) is 16.8. The summed E-state index contributed by atoms with van der Waals surface area (Å²) in [6.07, 6.45) is 4.26. The average molecular weight is 255 g/mol. The van der Waals surface area contributed by atoms with Crippen LogP contribution in [0, 0.1) is 0 Å². The molecule has 0 radical (unpaired) electrons. The van der Waals surface area contributed by atoms with E-state index in [0.29, 0.717) is 0 Å². The Hall–Kier alpha value is -0.470. The summed E-state index contributed by atoms with van der Waals surface area (Å²) >= 11 is 3.44. The largest absolute Gasteiger partial charge is 0.186 e. The van der Waals surface area contributed by atoms with Gasteiger partial charge in [-0.2, -0.15) is 10.9 Å². The smallest absolute Gasteiger partial charge is 0.0283 e. The predicted molar refractivity (Wildman–Crippen MR) is 64.6 cm³/mol. The topological polar surface area (TPSA) is 0 Å². The van der Waals surface area contributed by atoms with E-state index in [-0.39, 0.29) is 10.9 Å². The number of hydrogen-bond acceptors (Lipinski definition) is 0. The van der Waals surface area contributed by atoms with Gasteiger partial charge in [0.25, 0.3) is 0 Å². The van der Waals surface area contributed by atoms with E-state index in [4.69, 9.17) is 0 Å². The maximum atomic E-state index is 3.44. The van der Waals surface area contributed by atoms with Crippen LogP contribution < -0.4 is 0 Å². The van der Waals surface area contributed by atoms with Crippen molar-refractivity contribution < 1.29 is 0 Å². The van der Waals surface area contributed by atoms with E-state index in [1.165, 1.54) is 10.5 Å². The van der Waals surface area contributed by atoms with E-state index in [1.807, 2.05) is 0 Å². The second kappa shape index (κ2) is 4.16. The summed E-state index contributed by atoms with van der Waals surface area (Å²) in [4.78, 5) is 1.43. The van der Waals surface area contributed by atoms with Crippen LogP contribution in [-0.4, -0.2) is 0 Å². The molecule has 0 nitrogen and oxygen atoms in total. The highest BCUT2D eigenvalue weighted by Gasteiger charge is 2.01. The van der Waals surface area contributed by atoms with Crippen LogP contribution in [0.25, 0.3) is 0 Å². The highest BCUT2D eigenvalue weighted by molar-refractivity contribution is 9.08. The van der Waals surface area contributed by atoms with Crippen molar-refractivity contribution in [3.8, 4) is 0 Å². The first-order valence-electron chi connectivity index (χ1n) is 4.18. The van der Waals surface area contributed by atoms with Gasteiger partial charge in [-0.1, -0.05) is 40.2 Å². The number of halogens is 1. The summed E-state index contributed by atoms with van der Waals surface area (Å²) in [5.41, 5.74) is 1.34. The van der Waals surface area contributed by atoms with Gasteiger partial charge in [-0.15, -0.1) is 0 Å². The lowest BCUT2D eigenvalue weighted by atomic mass is 10.2. The number of allylic oxidation sites excluding steroid dienone is 2. The van der Waals surface area contributed by atoms with Crippen molar-refractivity contribution in [1.82, 2.24) is 0 Å². The molecule has 0 fully saturated rings. The summed E-state index contributed by atoms with van der Waals surface area (Å²) < 4.78 is 0. The van der Waals surface area contributed by atoms with Gasteiger partial charge in [-0.3, -0.25) is 0 Å². The van der Waals surface area contributed by atoms with Crippen molar-refractivity contribution in [3.05, 3.63) is 52.8 Å². The molecule has 0 unspecified atom stereocenters. The van der Waals surface area contributed by atoms with Gasteiger partial charge < -0.3 is 0 Å². The average Bonchev–Trinajstić information content (AvgIpc) is 2.71. The van der Waals surface area contributed by atoms with E-state index in [9.17, 15) is 0 Å². The van der Waals surface area contributed by atoms with Crippen LogP contribution in [-0.2, 0) is 5.33 Å². The molecule has 1 heterocycles. The van der Waals surface area contributed by atoms with Crippen LogP contribution in [0.15, 0.2) is 52.1 Å². The van der Waals surface area contributed by atoms with Crippen molar-refractivity contribution in [2.75, 3.05) is 0 Å². The molecule has 0 bridgehead atoms. The van der Waals surface area contributed by atoms with Crippen molar-refractivity contribution in [1.29, 1.82) is 0 Å². The van der Waals surface area contributed by atoms with Crippen LogP contribution >= 0.6 is 26.8 Å². The first-order valence-corrected chi connectivity index (χ1v) is 6.78. The van der Waals surface area contributed by atoms with E-state index in [1.54, 1.807) is 0 Å². The molecule has 1 aromatic rings. The molecule has 0 aromatic heterocycles. The summed E-state index contributed by atoms with van der Waals surface area (Å²) in [6, 6.07) is 8.82. The maximum Gasteiger partial charge on any atom is 0.0283 e. The van der Waals surface area contributed by atoms with Gasteiger partial charge in [0.2, 0.25) is 0 Å². The van der Waals surface area contributed by atoms with Crippen LogP contribution in [0.5, 0.6) is 0 Å². The zero-order valence-corrected chi connectivity index (χ0v) is 9.63. The zero-order valence-electron chi connectivity index (χ0n) is 7.15. The van der Waals surface area contributed by atoms with Crippen molar-refractivity contribution in [3.63, 3.8) is 0 Å². The van der Waals surface area contributed by atoms with Crippen molar-refractivity contribution in [2.45, 2.75) is 10.2 Å². The van der Waals surface area contributed by atoms with E-state index in [2.05, 4.69) is 63.2 Å². The highest BCUT2D eigenvalue weighted by atomic mass is 79.9. The fourth-order valence-corrected chi connectivity index (χ4v) is 3.14. The third-order valence-electron chi connectivity index (χ3n) is 1.99. The highest BCUT2D eigenvalue weighted by Crippen LogP contribution is 2.41. The molecule has 1 aliphatic heterocycles. The van der Waals surface area contributed by atoms with Gasteiger partial charge in [0.05, 0.1) is 0 Å². The maximum absolute atomic E-state index is 3.44. The molecular weight excluding hydrogens is 244 g/mol. The molecule has 0 N–H and O–H groups in total. The van der Waals surface area contributed by atoms with E-state index in [0.717, 1.165) is 5.33 Å². The molecule has 0 aliphatic carbocycles. The molecule has 0 atom stereocenters. The molecule has 68 valence electrons. The van der Waals surface area contributed by atoms with Crippen LogP contribution in [0.2, 0.25) is 0 Å². The number of benzene rings is 1. The van der Waals surface area contributed by atoms with Gasteiger partial charge >= 0.3 is 0 Å². The summed E-state index contributed by atoms with van der Waals surface area (Å²) in [5.74, 6) is 0. The quantitative estimate of drug-likeness (QED) is 0.599. The third kappa shape index (κ3) is 2.06. The number of rotatable bonds is 2. The summed E-state index contributed by atoms with van der Waals surface area (Å²) in [6.45, 7) is 0. The first kappa shape index (κ1) is 9.10. The minimum absolute atomic E-state index is 0.134. The van der Waals surface area contributed by atoms with Crippen molar-refractivity contribution in [2.24, 2.45) is 0 Å². The fraction of sp³-hybridized carbons (Fsp3) is 0.0909. The monoisotopic (exact) mass is 254 g/mol. The minimum Gasteiger partial charge on any atom is -0.186 e. The Morgan fingerprint density at radius 3 is 2.15 bits per heavy atom. The second-order valence-corrected chi connectivity index (χ2v) is 5.38. The molecular formula is C11H11BrS. The Bertz CT molecular complexity index is 326. The number of alkyl halides is 1. The number of thiol groups is 1. The second-order valence-electron chi connectivity index (χ2n) is 2.89. The van der Waals surface area contributed by atoms with E-state index >= 15 is 0 Å². The van der Waals surface area contributed by atoms with Crippen LogP contribution in [0.1, 0.15) is 5.56 Å². The Labute approximate surface area is 89.8 Å². The molecule has 2 rings (SSSR count). The molecule has 0 saturated carbocycles.